The monoisotopic (exact) mass is 644 g/mol. The van der Waals surface area contributed by atoms with E-state index in [0.29, 0.717) is 48.8 Å². The van der Waals surface area contributed by atoms with E-state index >= 15 is 0 Å². The van der Waals surface area contributed by atoms with E-state index in [4.69, 9.17) is 9.47 Å². The van der Waals surface area contributed by atoms with Crippen molar-refractivity contribution in [1.82, 2.24) is 10.3 Å². The Morgan fingerprint density at radius 2 is 1.62 bits per heavy atom. The number of H-pyrrole nitrogens is 1. The molecule has 0 fully saturated rings. The van der Waals surface area contributed by atoms with E-state index in [1.54, 1.807) is 37.4 Å². The van der Waals surface area contributed by atoms with Crippen LogP contribution in [0.3, 0.4) is 0 Å². The number of hydrogen-bond donors (Lipinski definition) is 6. The summed E-state index contributed by atoms with van der Waals surface area (Å²) in [6.07, 6.45) is 4.59. The zero-order chi connectivity index (χ0) is 34.1. The molecule has 4 rings (SSSR count). The number of benzene rings is 3. The van der Waals surface area contributed by atoms with Crippen LogP contribution in [0.2, 0.25) is 0 Å². The Hall–Kier alpha value is -4.47. The summed E-state index contributed by atoms with van der Waals surface area (Å²) in [6, 6.07) is 15.6. The molecule has 3 aromatic carbocycles. The number of methoxy groups -OCH3 is 2. The number of phenols is 3. The van der Waals surface area contributed by atoms with Crippen LogP contribution >= 0.6 is 0 Å². The van der Waals surface area contributed by atoms with Gasteiger partial charge in [0.1, 0.15) is 11.5 Å². The first-order valence-electron chi connectivity index (χ1n) is 16.1. The van der Waals surface area contributed by atoms with Crippen molar-refractivity contribution >= 4 is 5.78 Å². The number of aromatic hydroxyl groups is 3. The maximum Gasteiger partial charge on any atom is 0.163 e. The zero-order valence-corrected chi connectivity index (χ0v) is 27.9. The summed E-state index contributed by atoms with van der Waals surface area (Å²) in [4.78, 5) is 17.4. The van der Waals surface area contributed by atoms with E-state index in [9.17, 15) is 25.2 Å². The van der Waals surface area contributed by atoms with Gasteiger partial charge in [-0.2, -0.15) is 0 Å². The number of rotatable bonds is 17. The van der Waals surface area contributed by atoms with Gasteiger partial charge in [0.25, 0.3) is 0 Å². The van der Waals surface area contributed by atoms with Gasteiger partial charge in [-0.15, -0.1) is 0 Å². The van der Waals surface area contributed by atoms with Gasteiger partial charge >= 0.3 is 0 Å². The van der Waals surface area contributed by atoms with E-state index in [0.717, 1.165) is 27.8 Å². The number of aromatic amines is 1. The van der Waals surface area contributed by atoms with Gasteiger partial charge in [-0.05, 0) is 109 Å². The summed E-state index contributed by atoms with van der Waals surface area (Å²) in [6.45, 7) is 4.71. The Kier molecular flexibility index (Phi) is 12.3. The van der Waals surface area contributed by atoms with Crippen LogP contribution in [-0.4, -0.2) is 58.6 Å². The van der Waals surface area contributed by atoms with Crippen LogP contribution in [0.5, 0.6) is 28.7 Å². The van der Waals surface area contributed by atoms with Crippen LogP contribution in [0.15, 0.2) is 67.0 Å². The molecule has 9 heteroatoms. The first-order chi connectivity index (χ1) is 22.5. The molecule has 6 N–H and O–H groups in total. The summed E-state index contributed by atoms with van der Waals surface area (Å²) in [7, 11) is 4.82. The van der Waals surface area contributed by atoms with Gasteiger partial charge < -0.3 is 40.2 Å². The Bertz CT molecular complexity index is 1620. The lowest BCUT2D eigenvalue weighted by Gasteiger charge is -2.27. The molecule has 1 heterocycles. The van der Waals surface area contributed by atoms with Crippen molar-refractivity contribution in [3.63, 3.8) is 0 Å². The molecule has 3 atom stereocenters. The number of aliphatic hydroxyl groups excluding tert-OH is 1. The SMILES string of the molecule is CNCc1cc(O)cc([C@@H](Cc2ccc(O)c(OC)c2)C(=O)C[C@@H](O)[C@H](Cc2cc[nH]c2)Cc2ccc(O)c(OC)c2CC(C)C)c1. The molecule has 0 aliphatic carbocycles. The first kappa shape index (κ1) is 35.4. The van der Waals surface area contributed by atoms with Crippen molar-refractivity contribution in [2.24, 2.45) is 11.8 Å². The summed E-state index contributed by atoms with van der Waals surface area (Å²) in [5.74, 6) is -0.0160. The molecule has 0 spiro atoms. The van der Waals surface area contributed by atoms with Gasteiger partial charge in [0.15, 0.2) is 23.0 Å². The largest absolute Gasteiger partial charge is 0.508 e. The maximum absolute atomic E-state index is 14.3. The lowest BCUT2D eigenvalue weighted by Crippen LogP contribution is -2.30. The lowest BCUT2D eigenvalue weighted by molar-refractivity contribution is -0.123. The Morgan fingerprint density at radius 3 is 2.28 bits per heavy atom. The van der Waals surface area contributed by atoms with Crippen LogP contribution in [0.1, 0.15) is 59.6 Å². The zero-order valence-electron chi connectivity index (χ0n) is 27.9. The minimum atomic E-state index is -0.991. The molecule has 0 unspecified atom stereocenters. The van der Waals surface area contributed by atoms with E-state index in [1.165, 1.54) is 13.2 Å². The topological polar surface area (TPSA) is 144 Å². The van der Waals surface area contributed by atoms with Crippen LogP contribution in [0.4, 0.5) is 0 Å². The van der Waals surface area contributed by atoms with Gasteiger partial charge in [-0.25, -0.2) is 0 Å². The molecule has 0 radical (unpaired) electrons. The Balaban J connectivity index is 1.69. The van der Waals surface area contributed by atoms with Gasteiger partial charge in [0, 0.05) is 36.8 Å². The highest BCUT2D eigenvalue weighted by Gasteiger charge is 2.30. The number of phenolic OH excluding ortho intramolecular Hbond substituents is 3. The predicted molar refractivity (Wildman–Crippen MR) is 182 cm³/mol. The molecular formula is C38H48N2O7. The molecule has 252 valence electrons. The highest BCUT2D eigenvalue weighted by atomic mass is 16.5. The van der Waals surface area contributed by atoms with E-state index in [-0.39, 0.29) is 41.8 Å². The molecule has 4 aromatic rings. The number of hydrogen-bond acceptors (Lipinski definition) is 8. The number of Topliss-reactive ketones (excluding diaryl/α,β-unsaturated/α-hetero) is 1. The van der Waals surface area contributed by atoms with Crippen molar-refractivity contribution in [1.29, 1.82) is 0 Å². The number of nitrogens with one attached hydrogen (secondary N) is 2. The highest BCUT2D eigenvalue weighted by molar-refractivity contribution is 5.86. The van der Waals surface area contributed by atoms with E-state index < -0.39 is 12.0 Å². The average molecular weight is 645 g/mol. The maximum atomic E-state index is 14.3. The third kappa shape index (κ3) is 9.30. The van der Waals surface area contributed by atoms with Gasteiger partial charge in [0.05, 0.1) is 20.3 Å². The number of carbonyl (C=O) groups is 1. The molecule has 0 aliphatic heterocycles. The lowest BCUT2D eigenvalue weighted by atomic mass is 9.80. The number of aliphatic hydroxyl groups is 1. The molecule has 1 aromatic heterocycles. The second kappa shape index (κ2) is 16.4. The van der Waals surface area contributed by atoms with Crippen molar-refractivity contribution in [3.05, 3.63) is 100 Å². The van der Waals surface area contributed by atoms with Gasteiger partial charge in [-0.1, -0.05) is 32.0 Å². The van der Waals surface area contributed by atoms with E-state index in [1.807, 2.05) is 37.6 Å². The minimum absolute atomic E-state index is 0.00138. The number of ether oxygens (including phenoxy) is 2. The molecule has 0 bridgehead atoms. The van der Waals surface area contributed by atoms with Gasteiger partial charge in [-0.3, -0.25) is 4.79 Å². The fourth-order valence-electron chi connectivity index (χ4n) is 6.35. The standard InChI is InChI=1S/C38H48N2O7/c1-23(2)12-32-27(7-9-34(43)38(32)47-5)18-29(13-25-10-11-40-22-25)35(44)20-36(45)31(16-24-6-8-33(42)37(17-24)46-4)28-14-26(21-39-3)15-30(41)19-28/h6-11,14-15,17,19,22-23,29,31,35,39-44H,12-13,16,18,20-21H2,1-5H3/t29-,31-,35-/m1/s1. The summed E-state index contributed by atoms with van der Waals surface area (Å²) < 4.78 is 10.9. The molecule has 47 heavy (non-hydrogen) atoms. The summed E-state index contributed by atoms with van der Waals surface area (Å²) in [5.41, 5.74) is 5.10. The van der Waals surface area contributed by atoms with Crippen molar-refractivity contribution in [2.45, 2.75) is 64.5 Å². The summed E-state index contributed by atoms with van der Waals surface area (Å²) in [5, 5.41) is 46.2. The molecule has 0 aliphatic rings. The normalized spacial score (nSPS) is 13.3. The van der Waals surface area contributed by atoms with E-state index in [2.05, 4.69) is 24.1 Å². The Labute approximate surface area is 277 Å². The molecule has 0 saturated heterocycles. The third-order valence-electron chi connectivity index (χ3n) is 8.61. The van der Waals surface area contributed by atoms with Gasteiger partial charge in [0.2, 0.25) is 0 Å². The minimum Gasteiger partial charge on any atom is -0.508 e. The van der Waals surface area contributed by atoms with Crippen LogP contribution < -0.4 is 14.8 Å². The quantitative estimate of drug-likeness (QED) is 0.0845. The second-order valence-corrected chi connectivity index (χ2v) is 12.7. The highest BCUT2D eigenvalue weighted by Crippen LogP contribution is 2.37. The summed E-state index contributed by atoms with van der Waals surface area (Å²) >= 11 is 0. The number of aromatic nitrogens is 1. The smallest absolute Gasteiger partial charge is 0.163 e. The Morgan fingerprint density at radius 1 is 0.851 bits per heavy atom. The first-order valence-corrected chi connectivity index (χ1v) is 16.1. The number of carbonyl (C=O) groups excluding carboxylic acids is 1. The fraction of sp³-hybridized carbons (Fsp3) is 0.395. The van der Waals surface area contributed by atoms with Crippen LogP contribution in [0.25, 0.3) is 0 Å². The molecule has 0 saturated carbocycles. The molecule has 9 nitrogen and oxygen atoms in total. The van der Waals surface area contributed by atoms with Crippen molar-refractivity contribution < 1.29 is 34.7 Å². The van der Waals surface area contributed by atoms with Crippen LogP contribution in [-0.2, 0) is 37.0 Å². The van der Waals surface area contributed by atoms with Crippen LogP contribution in [0, 0.1) is 11.8 Å². The average Bonchev–Trinajstić information content (AvgIpc) is 3.54. The third-order valence-corrected chi connectivity index (χ3v) is 8.61. The number of ketones is 1. The predicted octanol–water partition coefficient (Wildman–Crippen LogP) is 5.81. The second-order valence-electron chi connectivity index (χ2n) is 12.7. The molecular weight excluding hydrogens is 596 g/mol. The van der Waals surface area contributed by atoms with Crippen molar-refractivity contribution in [3.8, 4) is 28.7 Å². The fourth-order valence-corrected chi connectivity index (χ4v) is 6.35. The van der Waals surface area contributed by atoms with Crippen molar-refractivity contribution in [2.75, 3.05) is 21.3 Å². The molecule has 0 amide bonds.